The fourth-order valence-corrected chi connectivity index (χ4v) is 1.86. The van der Waals surface area contributed by atoms with Crippen molar-refractivity contribution in [2.45, 2.75) is 0 Å². The maximum atomic E-state index is 12.1. The van der Waals surface area contributed by atoms with Crippen molar-refractivity contribution in [2.75, 3.05) is 0 Å². The third-order valence-electron chi connectivity index (χ3n) is 2.65. The molecule has 1 aromatic rings. The summed E-state index contributed by atoms with van der Waals surface area (Å²) in [5.41, 5.74) is 0.885. The molecule has 3 rings (SSSR count). The van der Waals surface area contributed by atoms with E-state index in [0.717, 1.165) is 5.01 Å². The molecular formula is C12H9N3O2. The average Bonchev–Trinajstić information content (AvgIpc) is 2.64. The van der Waals surface area contributed by atoms with E-state index < -0.39 is 0 Å². The van der Waals surface area contributed by atoms with E-state index in [1.165, 1.54) is 5.01 Å². The van der Waals surface area contributed by atoms with Gasteiger partial charge in [0.25, 0.3) is 11.8 Å². The van der Waals surface area contributed by atoms with E-state index in [-0.39, 0.29) is 11.8 Å². The fourth-order valence-electron chi connectivity index (χ4n) is 1.86. The lowest BCUT2D eigenvalue weighted by Gasteiger charge is -2.26. The molecule has 0 aromatic heterocycles. The minimum Gasteiger partial charge on any atom is -0.365 e. The summed E-state index contributed by atoms with van der Waals surface area (Å²) in [6.45, 7) is 0. The highest BCUT2D eigenvalue weighted by Crippen LogP contribution is 2.24. The van der Waals surface area contributed by atoms with Gasteiger partial charge >= 0.3 is 0 Å². The summed E-state index contributed by atoms with van der Waals surface area (Å²) in [5.74, 6) is -0.608. The molecule has 2 aliphatic heterocycles. The molecule has 2 amide bonds. The van der Waals surface area contributed by atoms with Crippen LogP contribution in [-0.2, 0) is 0 Å². The molecule has 0 aliphatic carbocycles. The molecule has 5 nitrogen and oxygen atoms in total. The maximum Gasteiger partial charge on any atom is 0.281 e. The van der Waals surface area contributed by atoms with Gasteiger partial charge in [-0.2, -0.15) is 5.01 Å². The molecule has 0 bridgehead atoms. The summed E-state index contributed by atoms with van der Waals surface area (Å²) in [4.78, 5) is 24.2. The number of carbonyl (C=O) groups excluding carboxylic acids is 2. The van der Waals surface area contributed by atoms with Gasteiger partial charge in [-0.15, -0.1) is 0 Å². The lowest BCUT2D eigenvalue weighted by molar-refractivity contribution is 0.0351. The van der Waals surface area contributed by atoms with Crippen LogP contribution in [0.15, 0.2) is 49.1 Å². The maximum absolute atomic E-state index is 12.1. The summed E-state index contributed by atoms with van der Waals surface area (Å²) in [5, 5.41) is 5.41. The Bertz CT molecular complexity index is 516. The predicted molar refractivity (Wildman–Crippen MR) is 60.2 cm³/mol. The molecule has 0 fully saturated rings. The van der Waals surface area contributed by atoms with Crippen molar-refractivity contribution in [1.29, 1.82) is 0 Å². The zero-order chi connectivity index (χ0) is 11.8. The monoisotopic (exact) mass is 227 g/mol. The molecule has 0 saturated carbocycles. The van der Waals surface area contributed by atoms with Gasteiger partial charge in [-0.1, -0.05) is 12.1 Å². The van der Waals surface area contributed by atoms with Crippen molar-refractivity contribution in [1.82, 2.24) is 15.3 Å². The van der Waals surface area contributed by atoms with E-state index in [4.69, 9.17) is 0 Å². The highest BCUT2D eigenvalue weighted by atomic mass is 16.2. The van der Waals surface area contributed by atoms with Crippen LogP contribution in [0.5, 0.6) is 0 Å². The quantitative estimate of drug-likeness (QED) is 0.728. The predicted octanol–water partition coefficient (Wildman–Crippen LogP) is 1.05. The standard InChI is InChI=1S/C12H9N3O2/c16-11-9-3-1-2-4-10(9)12(17)15(11)14-7-5-13-6-8-14/h1-8,13H. The summed E-state index contributed by atoms with van der Waals surface area (Å²) >= 11 is 0. The summed E-state index contributed by atoms with van der Waals surface area (Å²) in [6, 6.07) is 6.81. The van der Waals surface area contributed by atoms with Gasteiger partial charge in [0, 0.05) is 24.8 Å². The topological polar surface area (TPSA) is 52.7 Å². The molecule has 1 aromatic carbocycles. The number of fused-ring (bicyclic) bond motifs is 1. The van der Waals surface area contributed by atoms with Crippen molar-refractivity contribution >= 4 is 11.8 Å². The minimum absolute atomic E-state index is 0.304. The summed E-state index contributed by atoms with van der Waals surface area (Å²) < 4.78 is 0. The van der Waals surface area contributed by atoms with E-state index in [2.05, 4.69) is 5.32 Å². The lowest BCUT2D eigenvalue weighted by atomic mass is 10.1. The molecule has 2 aliphatic rings. The van der Waals surface area contributed by atoms with Crippen LogP contribution in [-0.4, -0.2) is 21.8 Å². The average molecular weight is 227 g/mol. The second-order valence-corrected chi connectivity index (χ2v) is 3.65. The van der Waals surface area contributed by atoms with E-state index in [9.17, 15) is 9.59 Å². The van der Waals surface area contributed by atoms with Gasteiger partial charge in [-0.05, 0) is 12.1 Å². The van der Waals surface area contributed by atoms with Crippen molar-refractivity contribution in [3.05, 3.63) is 60.2 Å². The first-order valence-electron chi connectivity index (χ1n) is 5.14. The van der Waals surface area contributed by atoms with Crippen molar-refractivity contribution < 1.29 is 9.59 Å². The SMILES string of the molecule is O=C1c2ccccc2C(=O)N1N1C=CNC=C1. The second kappa shape index (κ2) is 3.48. The molecule has 0 radical (unpaired) electrons. The van der Waals surface area contributed by atoms with Gasteiger partial charge in [0.1, 0.15) is 0 Å². The van der Waals surface area contributed by atoms with Crippen molar-refractivity contribution in [3.63, 3.8) is 0 Å². The first-order chi connectivity index (χ1) is 8.29. The van der Waals surface area contributed by atoms with Crippen LogP contribution in [0.25, 0.3) is 0 Å². The highest BCUT2D eigenvalue weighted by molar-refractivity contribution is 6.21. The number of amides is 2. The minimum atomic E-state index is -0.304. The molecule has 1 N–H and O–H groups in total. The molecule has 0 unspecified atom stereocenters. The van der Waals surface area contributed by atoms with Gasteiger partial charge in [0.05, 0.1) is 11.1 Å². The second-order valence-electron chi connectivity index (χ2n) is 3.65. The Morgan fingerprint density at radius 2 is 1.41 bits per heavy atom. The van der Waals surface area contributed by atoms with Crippen LogP contribution in [0, 0.1) is 0 Å². The number of nitrogens with one attached hydrogen (secondary N) is 1. The Balaban J connectivity index is 2.03. The van der Waals surface area contributed by atoms with E-state index in [1.807, 2.05) is 0 Å². The number of hydrogen-bond donors (Lipinski definition) is 1. The van der Waals surface area contributed by atoms with Crippen molar-refractivity contribution in [3.8, 4) is 0 Å². The number of hydrazine groups is 1. The lowest BCUT2D eigenvalue weighted by Crippen LogP contribution is -2.41. The normalized spacial score (nSPS) is 17.4. The number of carbonyl (C=O) groups is 2. The van der Waals surface area contributed by atoms with Crippen LogP contribution in [0.2, 0.25) is 0 Å². The third kappa shape index (κ3) is 1.32. The molecular weight excluding hydrogens is 218 g/mol. The molecule has 5 heteroatoms. The molecule has 0 spiro atoms. The Morgan fingerprint density at radius 3 is 1.94 bits per heavy atom. The smallest absolute Gasteiger partial charge is 0.281 e. The number of imide groups is 1. The van der Waals surface area contributed by atoms with Crippen LogP contribution >= 0.6 is 0 Å². The van der Waals surface area contributed by atoms with Crippen LogP contribution < -0.4 is 5.32 Å². The zero-order valence-electron chi connectivity index (χ0n) is 8.83. The molecule has 2 heterocycles. The molecule has 0 saturated heterocycles. The van der Waals surface area contributed by atoms with E-state index >= 15 is 0 Å². The van der Waals surface area contributed by atoms with Gasteiger partial charge in [-0.25, -0.2) is 0 Å². The van der Waals surface area contributed by atoms with Crippen LogP contribution in [0.1, 0.15) is 20.7 Å². The first kappa shape index (κ1) is 9.65. The van der Waals surface area contributed by atoms with Gasteiger partial charge in [0.15, 0.2) is 0 Å². The van der Waals surface area contributed by atoms with Gasteiger partial charge < -0.3 is 5.32 Å². The van der Waals surface area contributed by atoms with Gasteiger partial charge in [-0.3, -0.25) is 14.6 Å². The number of rotatable bonds is 1. The fraction of sp³-hybridized carbons (Fsp3) is 0. The zero-order valence-corrected chi connectivity index (χ0v) is 8.83. The Labute approximate surface area is 97.6 Å². The van der Waals surface area contributed by atoms with Crippen LogP contribution in [0.3, 0.4) is 0 Å². The highest BCUT2D eigenvalue weighted by Gasteiger charge is 2.38. The summed E-state index contributed by atoms with van der Waals surface area (Å²) in [6.07, 6.45) is 6.51. The molecule has 17 heavy (non-hydrogen) atoms. The Hall–Kier alpha value is -2.56. The van der Waals surface area contributed by atoms with Crippen LogP contribution in [0.4, 0.5) is 0 Å². The van der Waals surface area contributed by atoms with Gasteiger partial charge in [0.2, 0.25) is 0 Å². The number of benzene rings is 1. The van der Waals surface area contributed by atoms with E-state index in [0.29, 0.717) is 11.1 Å². The molecule has 84 valence electrons. The first-order valence-corrected chi connectivity index (χ1v) is 5.14. The number of nitrogens with zero attached hydrogens (tertiary/aromatic N) is 2. The Kier molecular flexibility index (Phi) is 1.98. The largest absolute Gasteiger partial charge is 0.365 e. The summed E-state index contributed by atoms with van der Waals surface area (Å²) in [7, 11) is 0. The van der Waals surface area contributed by atoms with E-state index in [1.54, 1.807) is 49.1 Å². The third-order valence-corrected chi connectivity index (χ3v) is 2.65. The van der Waals surface area contributed by atoms with Crippen molar-refractivity contribution in [2.24, 2.45) is 0 Å². The Morgan fingerprint density at radius 1 is 0.882 bits per heavy atom. The molecule has 0 atom stereocenters. The number of hydrogen-bond acceptors (Lipinski definition) is 4.